The van der Waals surface area contributed by atoms with Crippen LogP contribution in [0.5, 0.6) is 17.2 Å². The summed E-state index contributed by atoms with van der Waals surface area (Å²) < 4.78 is 4.23. The van der Waals surface area contributed by atoms with Crippen molar-refractivity contribution in [2.24, 2.45) is 0 Å². The summed E-state index contributed by atoms with van der Waals surface area (Å²) in [5.74, 6) is -4.88. The van der Waals surface area contributed by atoms with E-state index in [0.29, 0.717) is 0 Å². The van der Waals surface area contributed by atoms with Gasteiger partial charge in [-0.05, 0) is 12.1 Å². The second-order valence-corrected chi connectivity index (χ2v) is 2.81. The first-order valence-corrected chi connectivity index (χ1v) is 4.03. The Morgan fingerprint density at radius 1 is 1.18 bits per heavy atom. The zero-order valence-electron chi connectivity index (χ0n) is 8.84. The monoisotopic (exact) mass is 250 g/mol. The largest absolute Gasteiger partial charge is 1.00 e. The number of carbonyl (C=O) groups excluding carboxylic acids is 2. The molecule has 7 nitrogen and oxygen atoms in total. The van der Waals surface area contributed by atoms with E-state index in [1.165, 1.54) is 0 Å². The van der Waals surface area contributed by atoms with Crippen molar-refractivity contribution in [3.63, 3.8) is 0 Å². The van der Waals surface area contributed by atoms with Crippen molar-refractivity contribution in [1.29, 1.82) is 0 Å². The number of phenols is 3. The summed E-state index contributed by atoms with van der Waals surface area (Å²) in [6.07, 6.45) is 0. The molecule has 0 radical (unpaired) electrons. The van der Waals surface area contributed by atoms with Crippen molar-refractivity contribution in [3.05, 3.63) is 17.7 Å². The van der Waals surface area contributed by atoms with Crippen molar-refractivity contribution >= 4 is 11.9 Å². The van der Waals surface area contributed by atoms with Gasteiger partial charge in [0.1, 0.15) is 6.61 Å². The Bertz CT molecular complexity index is 420. The number of carbonyl (C=O) groups is 2. The Morgan fingerprint density at radius 2 is 1.65 bits per heavy atom. The minimum Gasteiger partial charge on any atom is -0.546 e. The molecule has 8 heteroatoms. The number of esters is 1. The molecular formula is C9H7NaO7. The fraction of sp³-hybridized carbons (Fsp3) is 0.111. The van der Waals surface area contributed by atoms with E-state index in [2.05, 4.69) is 4.74 Å². The first-order chi connectivity index (χ1) is 7.41. The van der Waals surface area contributed by atoms with Crippen LogP contribution in [0.25, 0.3) is 0 Å². The van der Waals surface area contributed by atoms with Crippen LogP contribution in [0.15, 0.2) is 12.1 Å². The molecular weight excluding hydrogens is 243 g/mol. The molecule has 17 heavy (non-hydrogen) atoms. The van der Waals surface area contributed by atoms with E-state index in [0.717, 1.165) is 12.1 Å². The van der Waals surface area contributed by atoms with Crippen LogP contribution in [0.4, 0.5) is 0 Å². The number of hydrogen-bond acceptors (Lipinski definition) is 7. The number of phenolic OH excluding ortho intramolecular Hbond substituents is 3. The Balaban J connectivity index is 0.00000256. The zero-order valence-corrected chi connectivity index (χ0v) is 10.8. The SMILES string of the molecule is O=C([O-])COC(=O)c1cc(O)c(O)c(O)c1.[Na+]. The molecule has 1 aromatic carbocycles. The van der Waals surface area contributed by atoms with Crippen molar-refractivity contribution in [1.82, 2.24) is 0 Å². The molecule has 0 aromatic heterocycles. The smallest absolute Gasteiger partial charge is 0.546 e. The fourth-order valence-corrected chi connectivity index (χ4v) is 0.930. The van der Waals surface area contributed by atoms with Crippen LogP contribution in [-0.4, -0.2) is 33.9 Å². The van der Waals surface area contributed by atoms with Gasteiger partial charge in [-0.3, -0.25) is 0 Å². The number of ether oxygens (including phenoxy) is 1. The van der Waals surface area contributed by atoms with Gasteiger partial charge in [-0.25, -0.2) is 4.79 Å². The van der Waals surface area contributed by atoms with Gasteiger partial charge < -0.3 is 30.0 Å². The van der Waals surface area contributed by atoms with Crippen molar-refractivity contribution in [2.75, 3.05) is 6.61 Å². The Morgan fingerprint density at radius 3 is 2.06 bits per heavy atom. The van der Waals surface area contributed by atoms with Crippen LogP contribution < -0.4 is 34.7 Å². The minimum atomic E-state index is -1.58. The molecule has 0 spiro atoms. The number of aromatic hydroxyl groups is 3. The molecule has 3 N–H and O–H groups in total. The van der Waals surface area contributed by atoms with E-state index in [-0.39, 0.29) is 35.1 Å². The quantitative estimate of drug-likeness (QED) is 0.281. The van der Waals surface area contributed by atoms with Gasteiger partial charge >= 0.3 is 35.5 Å². The maximum Gasteiger partial charge on any atom is 1.00 e. The maximum absolute atomic E-state index is 11.1. The minimum absolute atomic E-state index is 0. The summed E-state index contributed by atoms with van der Waals surface area (Å²) in [7, 11) is 0. The molecule has 0 aliphatic heterocycles. The first kappa shape index (κ1) is 15.6. The van der Waals surface area contributed by atoms with Gasteiger partial charge in [-0.15, -0.1) is 0 Å². The zero-order chi connectivity index (χ0) is 12.3. The van der Waals surface area contributed by atoms with Crippen molar-refractivity contribution in [3.8, 4) is 17.2 Å². The van der Waals surface area contributed by atoms with E-state index in [9.17, 15) is 14.7 Å². The van der Waals surface area contributed by atoms with E-state index in [4.69, 9.17) is 15.3 Å². The molecule has 0 heterocycles. The molecule has 0 aliphatic rings. The number of hydrogen-bond donors (Lipinski definition) is 3. The number of rotatable bonds is 3. The second-order valence-electron chi connectivity index (χ2n) is 2.81. The summed E-state index contributed by atoms with van der Waals surface area (Å²) in [6.45, 7) is -0.943. The van der Waals surface area contributed by atoms with Gasteiger partial charge in [0.25, 0.3) is 0 Å². The number of aliphatic carboxylic acids is 1. The third-order valence-electron chi connectivity index (χ3n) is 1.63. The fourth-order valence-electron chi connectivity index (χ4n) is 0.930. The predicted molar refractivity (Wildman–Crippen MR) is 46.7 cm³/mol. The Labute approximate surface area is 118 Å². The molecule has 0 saturated carbocycles. The predicted octanol–water partition coefficient (Wildman–Crippen LogP) is -4.29. The van der Waals surface area contributed by atoms with Crippen LogP contribution in [0.1, 0.15) is 10.4 Å². The summed E-state index contributed by atoms with van der Waals surface area (Å²) in [5, 5.41) is 37.1. The molecule has 0 atom stereocenters. The molecule has 0 saturated heterocycles. The average Bonchev–Trinajstić information content (AvgIpc) is 2.21. The Kier molecular flexibility index (Phi) is 5.80. The van der Waals surface area contributed by atoms with Crippen LogP contribution in [0.2, 0.25) is 0 Å². The van der Waals surface area contributed by atoms with Gasteiger partial charge in [0.15, 0.2) is 17.2 Å². The Hall–Kier alpha value is -1.44. The van der Waals surface area contributed by atoms with Crippen LogP contribution in [-0.2, 0) is 9.53 Å². The molecule has 86 valence electrons. The average molecular weight is 250 g/mol. The van der Waals surface area contributed by atoms with Gasteiger partial charge in [0.2, 0.25) is 0 Å². The summed E-state index contributed by atoms with van der Waals surface area (Å²) >= 11 is 0. The van der Waals surface area contributed by atoms with Crippen molar-refractivity contribution in [2.45, 2.75) is 0 Å². The second kappa shape index (κ2) is 6.33. The standard InChI is InChI=1S/C9H8O7.Na/c10-5-1-4(2-6(11)8(5)14)9(15)16-3-7(12)13;/h1-2,10-11,14H,3H2,(H,12,13);/q;+1/p-1. The van der Waals surface area contributed by atoms with E-state index in [1.54, 1.807) is 0 Å². The third kappa shape index (κ3) is 4.14. The normalized spacial score (nSPS) is 9.18. The van der Waals surface area contributed by atoms with E-state index in [1.807, 2.05) is 0 Å². The number of benzene rings is 1. The summed E-state index contributed by atoms with van der Waals surface area (Å²) in [6, 6.07) is 1.65. The molecule has 0 aliphatic carbocycles. The van der Waals surface area contributed by atoms with Gasteiger partial charge in [-0.1, -0.05) is 0 Å². The first-order valence-electron chi connectivity index (χ1n) is 4.03. The molecule has 1 aromatic rings. The molecule has 0 amide bonds. The summed E-state index contributed by atoms with van der Waals surface area (Å²) in [4.78, 5) is 21.1. The summed E-state index contributed by atoms with van der Waals surface area (Å²) in [5.41, 5.74) is -0.297. The van der Waals surface area contributed by atoms with E-state index < -0.39 is 35.8 Å². The molecule has 0 fully saturated rings. The third-order valence-corrected chi connectivity index (χ3v) is 1.63. The van der Waals surface area contributed by atoms with Crippen molar-refractivity contribution < 1.29 is 64.3 Å². The molecule has 1 rings (SSSR count). The van der Waals surface area contributed by atoms with E-state index >= 15 is 0 Å². The molecule has 0 bridgehead atoms. The maximum atomic E-state index is 11.1. The van der Waals surface area contributed by atoms with Gasteiger partial charge in [0.05, 0.1) is 11.5 Å². The van der Waals surface area contributed by atoms with Crippen LogP contribution >= 0.6 is 0 Å². The van der Waals surface area contributed by atoms with Gasteiger partial charge in [-0.2, -0.15) is 0 Å². The molecule has 0 unspecified atom stereocenters. The van der Waals surface area contributed by atoms with Gasteiger partial charge in [0, 0.05) is 0 Å². The number of carboxylic acids is 1. The number of carboxylic acid groups (broad SMARTS) is 1. The topological polar surface area (TPSA) is 127 Å². The van der Waals surface area contributed by atoms with Crippen LogP contribution in [0.3, 0.4) is 0 Å². The van der Waals surface area contributed by atoms with Crippen LogP contribution in [0, 0.1) is 0 Å².